The van der Waals surface area contributed by atoms with Crippen LogP contribution in [-0.2, 0) is 0 Å². The molecule has 0 aliphatic heterocycles. The maximum Gasteiger partial charge on any atom is 0.281 e. The molecule has 0 saturated heterocycles. The van der Waals surface area contributed by atoms with E-state index in [4.69, 9.17) is 16.2 Å². The Labute approximate surface area is 154 Å². The Bertz CT molecular complexity index is 1080. The highest BCUT2D eigenvalue weighted by molar-refractivity contribution is 6.11. The number of nitrogens with two attached hydrogens (primary N) is 2. The van der Waals surface area contributed by atoms with Crippen LogP contribution in [0.2, 0.25) is 0 Å². The van der Waals surface area contributed by atoms with E-state index in [1.807, 2.05) is 6.92 Å². The molecule has 1 aromatic carbocycles. The molecule has 27 heavy (non-hydrogen) atoms. The molecular weight excluding hydrogens is 356 g/mol. The summed E-state index contributed by atoms with van der Waals surface area (Å²) in [6.07, 6.45) is -2.92. The van der Waals surface area contributed by atoms with Crippen LogP contribution in [0.15, 0.2) is 12.1 Å². The molecule has 0 saturated carbocycles. The largest absolute Gasteiger partial charge is 0.496 e. The monoisotopic (exact) mass is 375 g/mol. The number of hydrogen-bond acceptors (Lipinski definition) is 5. The number of methoxy groups -OCH3 is 1. The Morgan fingerprint density at radius 2 is 1.89 bits per heavy atom. The lowest BCUT2D eigenvalue weighted by Crippen LogP contribution is -2.14. The third-order valence-electron chi connectivity index (χ3n) is 4.47. The summed E-state index contributed by atoms with van der Waals surface area (Å²) in [6.45, 7) is 5.13. The number of nitrogens with zero attached hydrogens (tertiary/aromatic N) is 3. The number of benzene rings is 1. The number of rotatable bonds is 4. The molecular formula is C18H19F2N5O2. The zero-order chi connectivity index (χ0) is 20.0. The van der Waals surface area contributed by atoms with E-state index in [1.165, 1.54) is 18.6 Å². The van der Waals surface area contributed by atoms with Gasteiger partial charge in [0.1, 0.15) is 23.1 Å². The molecule has 3 aromatic rings. The first-order valence-electron chi connectivity index (χ1n) is 8.09. The SMILES string of the molecule is COc1ccc(C)c(-n2c(N)c(C(N)=O)c3c(C(F)F)nc(C)nc32)c1C. The molecule has 7 nitrogen and oxygen atoms in total. The summed E-state index contributed by atoms with van der Waals surface area (Å²) in [5.41, 5.74) is 13.1. The topological polar surface area (TPSA) is 109 Å². The highest BCUT2D eigenvalue weighted by Crippen LogP contribution is 2.38. The molecule has 0 bridgehead atoms. The van der Waals surface area contributed by atoms with Crippen LogP contribution in [-0.4, -0.2) is 27.6 Å². The number of carbonyl (C=O) groups excluding carboxylic acids is 1. The number of alkyl halides is 2. The Kier molecular flexibility index (Phi) is 4.46. The van der Waals surface area contributed by atoms with Gasteiger partial charge in [0, 0.05) is 5.56 Å². The number of anilines is 1. The van der Waals surface area contributed by atoms with Crippen molar-refractivity contribution in [2.24, 2.45) is 5.73 Å². The van der Waals surface area contributed by atoms with Gasteiger partial charge in [-0.25, -0.2) is 18.7 Å². The molecule has 0 aliphatic rings. The number of ether oxygens (including phenoxy) is 1. The van der Waals surface area contributed by atoms with Gasteiger partial charge in [-0.3, -0.25) is 9.36 Å². The van der Waals surface area contributed by atoms with Gasteiger partial charge in [-0.2, -0.15) is 0 Å². The highest BCUT2D eigenvalue weighted by Gasteiger charge is 2.29. The molecule has 2 heterocycles. The van der Waals surface area contributed by atoms with Crippen molar-refractivity contribution in [1.82, 2.24) is 14.5 Å². The van der Waals surface area contributed by atoms with Gasteiger partial charge < -0.3 is 16.2 Å². The maximum atomic E-state index is 13.6. The van der Waals surface area contributed by atoms with E-state index in [1.54, 1.807) is 19.1 Å². The standard InChI is InChI=1S/C18H19F2N5O2/c1-7-5-6-10(27-4)8(2)14(7)25-16(21)12(17(22)26)11-13(15(19)20)23-9(3)24-18(11)25/h5-6,15H,21H2,1-4H3,(H2,22,26). The van der Waals surface area contributed by atoms with E-state index in [2.05, 4.69) is 9.97 Å². The number of aryl methyl sites for hydroxylation is 2. The fourth-order valence-corrected chi connectivity index (χ4v) is 3.35. The zero-order valence-corrected chi connectivity index (χ0v) is 15.3. The van der Waals surface area contributed by atoms with Crippen molar-refractivity contribution >= 4 is 22.8 Å². The van der Waals surface area contributed by atoms with Crippen LogP contribution in [0.4, 0.5) is 14.6 Å². The number of carbonyl (C=O) groups is 1. The normalized spacial score (nSPS) is 11.4. The first-order valence-corrected chi connectivity index (χ1v) is 8.09. The van der Waals surface area contributed by atoms with Gasteiger partial charge in [-0.1, -0.05) is 6.07 Å². The van der Waals surface area contributed by atoms with Crippen molar-refractivity contribution < 1.29 is 18.3 Å². The molecule has 0 fully saturated rings. The minimum atomic E-state index is -2.92. The molecule has 2 aromatic heterocycles. The van der Waals surface area contributed by atoms with Crippen LogP contribution in [0.3, 0.4) is 0 Å². The summed E-state index contributed by atoms with van der Waals surface area (Å²) >= 11 is 0. The number of aromatic nitrogens is 3. The summed E-state index contributed by atoms with van der Waals surface area (Å²) < 4.78 is 34.1. The Balaban J connectivity index is 2.57. The first kappa shape index (κ1) is 18.6. The maximum absolute atomic E-state index is 13.6. The lowest BCUT2D eigenvalue weighted by molar-refractivity contribution is 0.100. The van der Waals surface area contributed by atoms with E-state index in [-0.39, 0.29) is 28.2 Å². The molecule has 3 rings (SSSR count). The van der Waals surface area contributed by atoms with Crippen molar-refractivity contribution in [3.05, 3.63) is 40.3 Å². The lowest BCUT2D eigenvalue weighted by atomic mass is 10.1. The average molecular weight is 375 g/mol. The van der Waals surface area contributed by atoms with Gasteiger partial charge in [-0.05, 0) is 32.4 Å². The van der Waals surface area contributed by atoms with Crippen LogP contribution in [0.1, 0.15) is 39.4 Å². The van der Waals surface area contributed by atoms with Gasteiger partial charge in [0.05, 0.1) is 23.7 Å². The van der Waals surface area contributed by atoms with Gasteiger partial charge in [-0.15, -0.1) is 0 Å². The average Bonchev–Trinajstić information content (AvgIpc) is 2.87. The van der Waals surface area contributed by atoms with Crippen molar-refractivity contribution in [1.29, 1.82) is 0 Å². The zero-order valence-electron chi connectivity index (χ0n) is 15.3. The van der Waals surface area contributed by atoms with Crippen molar-refractivity contribution in [3.8, 4) is 11.4 Å². The van der Waals surface area contributed by atoms with Gasteiger partial charge >= 0.3 is 0 Å². The molecule has 0 spiro atoms. The predicted molar refractivity (Wildman–Crippen MR) is 97.5 cm³/mol. The van der Waals surface area contributed by atoms with Gasteiger partial charge in [0.2, 0.25) is 0 Å². The number of primary amides is 1. The minimum Gasteiger partial charge on any atom is -0.496 e. The Morgan fingerprint density at radius 3 is 2.44 bits per heavy atom. The summed E-state index contributed by atoms with van der Waals surface area (Å²) in [6, 6.07) is 3.59. The van der Waals surface area contributed by atoms with Crippen LogP contribution >= 0.6 is 0 Å². The second-order valence-corrected chi connectivity index (χ2v) is 6.17. The van der Waals surface area contributed by atoms with Crippen molar-refractivity contribution in [2.75, 3.05) is 12.8 Å². The van der Waals surface area contributed by atoms with E-state index in [9.17, 15) is 13.6 Å². The Hall–Kier alpha value is -3.23. The fraction of sp³-hybridized carbons (Fsp3) is 0.278. The van der Waals surface area contributed by atoms with Crippen LogP contribution in [0.5, 0.6) is 5.75 Å². The number of hydrogen-bond donors (Lipinski definition) is 2. The quantitative estimate of drug-likeness (QED) is 0.729. The summed E-state index contributed by atoms with van der Waals surface area (Å²) in [5.74, 6) is -0.286. The van der Waals surface area contributed by atoms with Crippen molar-refractivity contribution in [2.45, 2.75) is 27.2 Å². The third kappa shape index (κ3) is 2.75. The smallest absolute Gasteiger partial charge is 0.281 e. The second kappa shape index (κ2) is 6.49. The molecule has 0 aliphatic carbocycles. The van der Waals surface area contributed by atoms with Gasteiger partial charge in [0.15, 0.2) is 5.65 Å². The highest BCUT2D eigenvalue weighted by atomic mass is 19.3. The fourth-order valence-electron chi connectivity index (χ4n) is 3.35. The summed E-state index contributed by atoms with van der Waals surface area (Å²) in [4.78, 5) is 20.1. The van der Waals surface area contributed by atoms with E-state index < -0.39 is 18.0 Å². The van der Waals surface area contributed by atoms with Crippen LogP contribution < -0.4 is 16.2 Å². The second-order valence-electron chi connectivity index (χ2n) is 6.17. The predicted octanol–water partition coefficient (Wildman–Crippen LogP) is 2.97. The lowest BCUT2D eigenvalue weighted by Gasteiger charge is -2.17. The number of halogens is 2. The number of fused-ring (bicyclic) bond motifs is 1. The van der Waals surface area contributed by atoms with Crippen LogP contribution in [0, 0.1) is 20.8 Å². The van der Waals surface area contributed by atoms with E-state index in [0.29, 0.717) is 17.0 Å². The summed E-state index contributed by atoms with van der Waals surface area (Å²) in [5, 5.41) is -0.137. The minimum absolute atomic E-state index is 0.0706. The molecule has 0 atom stereocenters. The van der Waals surface area contributed by atoms with E-state index >= 15 is 0 Å². The molecule has 4 N–H and O–H groups in total. The molecule has 142 valence electrons. The van der Waals surface area contributed by atoms with Crippen LogP contribution in [0.25, 0.3) is 16.7 Å². The number of amides is 1. The molecule has 0 unspecified atom stereocenters. The molecule has 0 radical (unpaired) electrons. The van der Waals surface area contributed by atoms with Gasteiger partial charge in [0.25, 0.3) is 12.3 Å². The summed E-state index contributed by atoms with van der Waals surface area (Å²) in [7, 11) is 1.52. The third-order valence-corrected chi connectivity index (χ3v) is 4.47. The molecule has 9 heteroatoms. The number of nitrogen functional groups attached to an aromatic ring is 1. The first-order chi connectivity index (χ1) is 12.7. The van der Waals surface area contributed by atoms with Crippen molar-refractivity contribution in [3.63, 3.8) is 0 Å². The molecule has 1 amide bonds. The van der Waals surface area contributed by atoms with E-state index in [0.717, 1.165) is 5.56 Å². The Morgan fingerprint density at radius 1 is 1.22 bits per heavy atom.